The first kappa shape index (κ1) is 17.0. The first-order valence-electron chi connectivity index (χ1n) is 8.01. The van der Waals surface area contributed by atoms with Gasteiger partial charge in [-0.3, -0.25) is 14.0 Å². The van der Waals surface area contributed by atoms with Crippen molar-refractivity contribution in [2.75, 3.05) is 0 Å². The number of thiazole rings is 1. The standard InChI is InChI=1S/C16H14N8O2S/c1-7(2)9-6-27-15(18-9)12-11(14-20-22-23-21-14)16(26)24-4-3-8(13(17)25)5-10(24)19-12/h3-7H,1-2H3,(H2,17,25)(H,20,21,22,23). The lowest BCUT2D eigenvalue weighted by Gasteiger charge is -2.08. The third-order valence-electron chi connectivity index (χ3n) is 4.00. The van der Waals surface area contributed by atoms with Crippen LogP contribution in [0.1, 0.15) is 35.8 Å². The van der Waals surface area contributed by atoms with Crippen LogP contribution in [0.3, 0.4) is 0 Å². The van der Waals surface area contributed by atoms with E-state index in [0.29, 0.717) is 10.7 Å². The molecule has 1 amide bonds. The summed E-state index contributed by atoms with van der Waals surface area (Å²) in [6, 6.07) is 2.92. The monoisotopic (exact) mass is 382 g/mol. The van der Waals surface area contributed by atoms with E-state index in [9.17, 15) is 9.59 Å². The molecule has 27 heavy (non-hydrogen) atoms. The van der Waals surface area contributed by atoms with Gasteiger partial charge in [0.1, 0.15) is 21.9 Å². The molecular formula is C16H14N8O2S. The number of nitrogens with one attached hydrogen (secondary N) is 1. The molecule has 0 bridgehead atoms. The van der Waals surface area contributed by atoms with Crippen LogP contribution in [0.25, 0.3) is 27.7 Å². The third kappa shape index (κ3) is 2.87. The summed E-state index contributed by atoms with van der Waals surface area (Å²) in [5.41, 5.74) is 6.88. The van der Waals surface area contributed by atoms with Gasteiger partial charge in [0, 0.05) is 17.1 Å². The van der Waals surface area contributed by atoms with Crippen molar-refractivity contribution >= 4 is 22.9 Å². The number of carbonyl (C=O) groups excluding carboxylic acids is 1. The molecule has 0 aliphatic rings. The van der Waals surface area contributed by atoms with Gasteiger partial charge in [0.2, 0.25) is 11.7 Å². The quantitative estimate of drug-likeness (QED) is 0.540. The second kappa shape index (κ2) is 6.36. The molecule has 0 aliphatic carbocycles. The van der Waals surface area contributed by atoms with Gasteiger partial charge in [0.15, 0.2) is 0 Å². The molecule has 0 saturated heterocycles. The predicted octanol–water partition coefficient (Wildman–Crippen LogP) is 1.22. The summed E-state index contributed by atoms with van der Waals surface area (Å²) in [6.45, 7) is 4.06. The highest BCUT2D eigenvalue weighted by molar-refractivity contribution is 7.13. The lowest BCUT2D eigenvalue weighted by atomic mass is 10.1. The van der Waals surface area contributed by atoms with Crippen LogP contribution in [0.4, 0.5) is 0 Å². The van der Waals surface area contributed by atoms with E-state index in [1.54, 1.807) is 0 Å². The van der Waals surface area contributed by atoms with E-state index >= 15 is 0 Å². The van der Waals surface area contributed by atoms with Gasteiger partial charge in [0.25, 0.3) is 5.56 Å². The third-order valence-corrected chi connectivity index (χ3v) is 4.87. The van der Waals surface area contributed by atoms with E-state index in [4.69, 9.17) is 5.73 Å². The van der Waals surface area contributed by atoms with Crippen molar-refractivity contribution in [1.29, 1.82) is 0 Å². The number of hydrogen-bond donors (Lipinski definition) is 2. The SMILES string of the molecule is CC(C)c1csc(-c2nc3cc(C(N)=O)ccn3c(=O)c2-c2nn[nH]n2)n1. The van der Waals surface area contributed by atoms with Crippen molar-refractivity contribution < 1.29 is 4.79 Å². The Balaban J connectivity index is 2.05. The molecule has 11 heteroatoms. The van der Waals surface area contributed by atoms with Crippen molar-refractivity contribution in [3.05, 3.63) is 45.3 Å². The topological polar surface area (TPSA) is 145 Å². The van der Waals surface area contributed by atoms with Crippen LogP contribution in [0.5, 0.6) is 0 Å². The number of nitrogens with two attached hydrogens (primary N) is 1. The number of fused-ring (bicyclic) bond motifs is 1. The number of tetrazole rings is 1. The van der Waals surface area contributed by atoms with E-state index in [-0.39, 0.29) is 28.5 Å². The second-order valence-electron chi connectivity index (χ2n) is 6.12. The molecular weight excluding hydrogens is 368 g/mol. The number of rotatable bonds is 4. The number of pyridine rings is 1. The zero-order valence-corrected chi connectivity index (χ0v) is 15.2. The van der Waals surface area contributed by atoms with Gasteiger partial charge in [0.05, 0.1) is 5.69 Å². The Hall–Kier alpha value is -3.47. The van der Waals surface area contributed by atoms with Gasteiger partial charge in [-0.05, 0) is 23.3 Å². The summed E-state index contributed by atoms with van der Waals surface area (Å²) in [5.74, 6) is -0.254. The molecule has 10 nitrogen and oxygen atoms in total. The second-order valence-corrected chi connectivity index (χ2v) is 6.97. The minimum atomic E-state index is -0.605. The molecule has 4 aromatic heterocycles. The Morgan fingerprint density at radius 2 is 2.15 bits per heavy atom. The fraction of sp³-hybridized carbons (Fsp3) is 0.188. The zero-order chi connectivity index (χ0) is 19.1. The highest BCUT2D eigenvalue weighted by atomic mass is 32.1. The maximum absolute atomic E-state index is 13.1. The minimum Gasteiger partial charge on any atom is -0.366 e. The van der Waals surface area contributed by atoms with Crippen LogP contribution >= 0.6 is 11.3 Å². The molecule has 0 saturated carbocycles. The number of amides is 1. The van der Waals surface area contributed by atoms with E-state index in [2.05, 4.69) is 30.6 Å². The van der Waals surface area contributed by atoms with Crippen LogP contribution in [0.2, 0.25) is 0 Å². The van der Waals surface area contributed by atoms with Gasteiger partial charge in [-0.25, -0.2) is 9.97 Å². The molecule has 0 unspecified atom stereocenters. The molecule has 0 atom stereocenters. The summed E-state index contributed by atoms with van der Waals surface area (Å²) in [7, 11) is 0. The smallest absolute Gasteiger partial charge is 0.269 e. The maximum Gasteiger partial charge on any atom is 0.269 e. The molecule has 136 valence electrons. The van der Waals surface area contributed by atoms with Crippen molar-refractivity contribution in [1.82, 2.24) is 35.0 Å². The fourth-order valence-corrected chi connectivity index (χ4v) is 3.55. The van der Waals surface area contributed by atoms with Crippen molar-refractivity contribution in [3.8, 4) is 22.1 Å². The molecule has 0 radical (unpaired) electrons. The number of primary amides is 1. The fourth-order valence-electron chi connectivity index (χ4n) is 2.58. The summed E-state index contributed by atoms with van der Waals surface area (Å²) >= 11 is 1.37. The Morgan fingerprint density at radius 1 is 1.33 bits per heavy atom. The number of H-pyrrole nitrogens is 1. The Bertz CT molecular complexity index is 1210. The summed E-state index contributed by atoms with van der Waals surface area (Å²) in [6.07, 6.45) is 1.44. The number of hydrogen-bond acceptors (Lipinski definition) is 8. The molecule has 4 rings (SSSR count). The minimum absolute atomic E-state index is 0.122. The van der Waals surface area contributed by atoms with Gasteiger partial charge < -0.3 is 5.73 Å². The predicted molar refractivity (Wildman–Crippen MR) is 98.3 cm³/mol. The van der Waals surface area contributed by atoms with E-state index in [0.717, 1.165) is 5.69 Å². The van der Waals surface area contributed by atoms with Crippen molar-refractivity contribution in [2.45, 2.75) is 19.8 Å². The van der Waals surface area contributed by atoms with Crippen LogP contribution in [-0.2, 0) is 0 Å². The molecule has 4 aromatic rings. The van der Waals surface area contributed by atoms with E-state index < -0.39 is 11.5 Å². The molecule has 3 N–H and O–H groups in total. The van der Waals surface area contributed by atoms with Gasteiger partial charge in [-0.1, -0.05) is 13.8 Å². The lowest BCUT2D eigenvalue weighted by Crippen LogP contribution is -2.20. The summed E-state index contributed by atoms with van der Waals surface area (Å²) < 4.78 is 1.30. The molecule has 0 spiro atoms. The Labute approximate surface area is 156 Å². The average Bonchev–Trinajstić information content (AvgIpc) is 3.33. The average molecular weight is 382 g/mol. The van der Waals surface area contributed by atoms with Gasteiger partial charge in [-0.2, -0.15) is 5.21 Å². The Kier molecular flexibility index (Phi) is 4.00. The van der Waals surface area contributed by atoms with E-state index in [1.165, 1.54) is 34.1 Å². The van der Waals surface area contributed by atoms with Gasteiger partial charge in [-0.15, -0.1) is 21.5 Å². The number of aromatic nitrogens is 7. The molecule has 0 fully saturated rings. The lowest BCUT2D eigenvalue weighted by molar-refractivity contribution is 0.1000. The van der Waals surface area contributed by atoms with Crippen LogP contribution in [0.15, 0.2) is 28.5 Å². The van der Waals surface area contributed by atoms with Crippen LogP contribution < -0.4 is 11.3 Å². The number of carbonyl (C=O) groups is 1. The highest BCUT2D eigenvalue weighted by Gasteiger charge is 2.22. The number of nitrogens with zero attached hydrogens (tertiary/aromatic N) is 6. The number of aromatic amines is 1. The summed E-state index contributed by atoms with van der Waals surface area (Å²) in [5, 5.41) is 16.2. The van der Waals surface area contributed by atoms with Crippen LogP contribution in [0, 0.1) is 0 Å². The normalized spacial score (nSPS) is 11.4. The van der Waals surface area contributed by atoms with Crippen molar-refractivity contribution in [3.63, 3.8) is 0 Å². The van der Waals surface area contributed by atoms with Crippen molar-refractivity contribution in [2.24, 2.45) is 5.73 Å². The van der Waals surface area contributed by atoms with E-state index in [1.807, 2.05) is 19.2 Å². The largest absolute Gasteiger partial charge is 0.366 e. The molecule has 4 heterocycles. The van der Waals surface area contributed by atoms with Gasteiger partial charge >= 0.3 is 0 Å². The zero-order valence-electron chi connectivity index (χ0n) is 14.4. The van der Waals surface area contributed by atoms with Crippen LogP contribution in [-0.4, -0.2) is 40.9 Å². The summed E-state index contributed by atoms with van der Waals surface area (Å²) in [4.78, 5) is 33.7. The maximum atomic E-state index is 13.1. The molecule has 0 aromatic carbocycles. The first-order valence-corrected chi connectivity index (χ1v) is 8.89. The Morgan fingerprint density at radius 3 is 2.78 bits per heavy atom. The highest BCUT2D eigenvalue weighted by Crippen LogP contribution is 2.30. The molecule has 0 aliphatic heterocycles. The first-order chi connectivity index (χ1) is 13.0.